The SMILES string of the molecule is CC(C)(O)c1ncc(S(N)(=O)=O)s1.C[C@H](c1ccc2c(c1CC(=O)C[S@@](=N)(=O)c1cnc(C(C)(C)O)s1)CCC2)C1CC1.C[C@H](c1ccc2c(c1CC(=O)C[S@](=N)(=O)c1cnc(C(C)(C)O)s1)CCC2)C1CC1.C[C@H](c1ccc2c(c1CC(=O)N=S(C)(=O)c1cnc(C(C)(C)O)s1)CCC2)C1CC1.C[C@H](c1ccc2c(c1CC(=O)N=S(N)(=O)c1cnc(C(C)(C)O)s1)CCC2)C1CC1.C[C@H](c1ccc2c(c1N)CCC2)C1CC1. The third-order valence-electron chi connectivity index (χ3n) is 30.5. The first-order chi connectivity index (χ1) is 69.2. The number of carbonyl (C=O) groups is 4. The predicted octanol–water partition coefficient (Wildman–Crippen LogP) is 20.9. The van der Waals surface area contributed by atoms with Gasteiger partial charge in [0, 0.05) is 24.8 Å². The van der Waals surface area contributed by atoms with Gasteiger partial charge in [0.2, 0.25) is 10.0 Å². The molecule has 37 heteroatoms. The average Bonchev–Trinajstić information content (AvgIpc) is 1.64. The molecule has 2 amide bonds. The van der Waals surface area contributed by atoms with Gasteiger partial charge in [-0.15, -0.1) is 61.0 Å². The topological polar surface area (TPSA) is 487 Å². The van der Waals surface area contributed by atoms with E-state index in [1.54, 1.807) is 55.4 Å². The Morgan fingerprint density at radius 1 is 0.351 bits per heavy atom. The number of nitrogen functional groups attached to an aromatic ring is 1. The van der Waals surface area contributed by atoms with Gasteiger partial charge < -0.3 is 31.3 Å². The summed E-state index contributed by atoms with van der Waals surface area (Å²) in [5.74, 6) is 4.40. The number of hydrogen-bond acceptors (Lipinski definition) is 28. The molecule has 9 atom stereocenters. The Bertz CT molecular complexity index is 6950. The number of ketones is 2. The number of benzene rings is 5. The number of nitrogens with two attached hydrogens (primary N) is 3. The van der Waals surface area contributed by atoms with Crippen molar-refractivity contribution >= 4 is 135 Å². The maximum atomic E-state index is 13.2. The van der Waals surface area contributed by atoms with E-state index in [1.165, 1.54) is 212 Å². The Morgan fingerprint density at radius 2 is 0.588 bits per heavy atom. The first-order valence-corrected chi connectivity index (χ1v) is 64.6. The van der Waals surface area contributed by atoms with Crippen LogP contribution in [-0.2, 0) is 186 Å². The van der Waals surface area contributed by atoms with Crippen LogP contribution >= 0.6 is 56.7 Å². The third-order valence-corrected chi connectivity index (χ3v) is 47.4. The van der Waals surface area contributed by atoms with Crippen molar-refractivity contribution in [2.75, 3.05) is 23.5 Å². The minimum absolute atomic E-state index is 0.0374. The van der Waals surface area contributed by atoms with E-state index in [4.69, 9.17) is 25.6 Å². The van der Waals surface area contributed by atoms with Crippen LogP contribution in [0.2, 0.25) is 0 Å². The minimum Gasteiger partial charge on any atom is -0.398 e. The molecule has 10 aromatic rings. The molecule has 0 saturated heterocycles. The molecular formula is C111H148N12O15S10. The number of nitrogens with zero attached hydrogens (tertiary/aromatic N) is 7. The zero-order valence-corrected chi connectivity index (χ0v) is 96.3. The van der Waals surface area contributed by atoms with Crippen LogP contribution in [0.5, 0.6) is 0 Å². The fourth-order valence-corrected chi connectivity index (χ4v) is 32.4. The summed E-state index contributed by atoms with van der Waals surface area (Å²) >= 11 is 5.17. The second kappa shape index (κ2) is 45.3. The second-order valence-electron chi connectivity index (χ2n) is 45.2. The number of amides is 2. The van der Waals surface area contributed by atoms with Crippen LogP contribution in [0, 0.1) is 39.1 Å². The summed E-state index contributed by atoms with van der Waals surface area (Å²) in [5, 5.41) is 62.7. The standard InChI is InChI=1S/3C23H30N2O3S2.C22H29N3O3S2.C14H19N.C6H10N2O3S2/c1-14(15-8-9-15)17-11-10-16-6-5-7-18(16)19(17)12-20(26)25-30(4,28)21-13-24-22(29-21)23(2,3)27;2*1-14(15-7-8-15)18-10-9-16-5-4-6-19(16)20(18)11-17(26)13-30(24,28)21-12-25-22(29-21)23(2,3)27;1-13(14-7-8-14)16-10-9-15-5-4-6-17(15)18(16)11-19(26)25-30(23,28)20-12-24-21(29-20)22(2,3)27;1-9(10-5-6-10)12-8-7-11-3-2-4-13(11)14(12)15;1-6(2,9)5-8-3-4(12-5)13(7,10)11/h10-11,13-15,27H,5-9,12H2,1-4H3;2*9-10,12,14-15,24,27H,4-8,11,13H2,1-3H3;9-10,12-14,27H,4-8,11H2,1-3H3,(H2,23,25,26,28);7-10H,2-6,15H2,1H3;3,9H,1-2H3,(H2,7,10,11)/t14-,30?;14-,30+;14-,30-;13-,30?;9-;/m00000./s1. The predicted molar refractivity (Wildman–Crippen MR) is 591 cm³/mol. The van der Waals surface area contributed by atoms with Crippen molar-refractivity contribution in [1.29, 1.82) is 9.56 Å². The van der Waals surface area contributed by atoms with Crippen LogP contribution in [0.1, 0.15) is 361 Å². The fourth-order valence-electron chi connectivity index (χ4n) is 21.3. The molecule has 5 heterocycles. The fraction of sp³-hybridized carbons (Fsp3) is 0.559. The maximum absolute atomic E-state index is 13.2. The number of rotatable bonds is 32. The van der Waals surface area contributed by atoms with Crippen LogP contribution < -0.4 is 16.0 Å². The van der Waals surface area contributed by atoms with Gasteiger partial charge in [-0.05, 0) is 395 Å². The van der Waals surface area contributed by atoms with Crippen molar-refractivity contribution in [3.63, 3.8) is 0 Å². The monoisotopic (exact) mass is 2210 g/mol. The van der Waals surface area contributed by atoms with Gasteiger partial charge in [0.05, 0.1) is 84.5 Å². The molecule has 5 saturated carbocycles. The van der Waals surface area contributed by atoms with Crippen LogP contribution in [0.4, 0.5) is 5.69 Å². The lowest BCUT2D eigenvalue weighted by atomic mass is 9.86. The Labute approximate surface area is 895 Å². The molecule has 20 rings (SSSR count). The molecule has 0 aliphatic heterocycles. The lowest BCUT2D eigenvalue weighted by molar-refractivity contribution is -0.117. The highest BCUT2D eigenvalue weighted by molar-refractivity contribution is 7.96. The molecular weight excluding hydrogens is 2060 g/mol. The Balaban J connectivity index is 0.000000136. The summed E-state index contributed by atoms with van der Waals surface area (Å²) < 4.78 is 99.8. The van der Waals surface area contributed by atoms with Gasteiger partial charge in [0.25, 0.3) is 11.8 Å². The third kappa shape index (κ3) is 28.3. The Hall–Kier alpha value is -7.80. The van der Waals surface area contributed by atoms with Crippen LogP contribution in [-0.4, -0.2) is 117 Å². The van der Waals surface area contributed by atoms with E-state index in [-0.39, 0.29) is 71.5 Å². The molecule has 5 aromatic carbocycles. The number of carbonyl (C=O) groups excluding carboxylic acids is 4. The smallest absolute Gasteiger partial charge is 0.259 e. The molecule has 0 radical (unpaired) electrons. The quantitative estimate of drug-likeness (QED) is 0.0175. The first-order valence-electron chi connectivity index (χ1n) is 52.0. The number of aromatic nitrogens is 5. The van der Waals surface area contributed by atoms with E-state index in [1.807, 2.05) is 0 Å². The number of aryl methyl sites for hydroxylation is 5. The number of hydrogen-bond donors (Lipinski definition) is 10. The summed E-state index contributed by atoms with van der Waals surface area (Å²) in [6.45, 7) is 27.3. The van der Waals surface area contributed by atoms with E-state index < -0.39 is 83.0 Å². The summed E-state index contributed by atoms with van der Waals surface area (Å²) in [6.07, 6.45) is 38.2. The van der Waals surface area contributed by atoms with Crippen molar-refractivity contribution in [1.82, 2.24) is 24.9 Å². The number of fused-ring (bicyclic) bond motifs is 5. The van der Waals surface area contributed by atoms with Gasteiger partial charge in [-0.1, -0.05) is 95.3 Å². The van der Waals surface area contributed by atoms with Gasteiger partial charge in [-0.3, -0.25) is 19.2 Å². The zero-order chi connectivity index (χ0) is 107. The van der Waals surface area contributed by atoms with Crippen molar-refractivity contribution < 1.29 is 70.0 Å². The van der Waals surface area contributed by atoms with E-state index in [2.05, 4.69) is 129 Å². The van der Waals surface area contributed by atoms with Gasteiger partial charge in [0.1, 0.15) is 69.9 Å². The van der Waals surface area contributed by atoms with Crippen molar-refractivity contribution in [3.05, 3.63) is 222 Å². The summed E-state index contributed by atoms with van der Waals surface area (Å²) in [5.41, 5.74) is 26.1. The van der Waals surface area contributed by atoms with E-state index in [0.717, 1.165) is 174 Å². The number of thiazole rings is 5. The zero-order valence-electron chi connectivity index (χ0n) is 88.1. The first kappa shape index (κ1) is 114. The van der Waals surface area contributed by atoms with E-state index in [9.17, 15) is 70.0 Å². The average molecular weight is 2210 g/mol. The van der Waals surface area contributed by atoms with Crippen LogP contribution in [0.3, 0.4) is 0 Å². The lowest BCUT2D eigenvalue weighted by Gasteiger charge is -2.19. The van der Waals surface area contributed by atoms with Crippen molar-refractivity contribution in [3.8, 4) is 0 Å². The normalized spacial score (nSPS) is 19.0. The highest BCUT2D eigenvalue weighted by Gasteiger charge is 2.41. The van der Waals surface area contributed by atoms with E-state index in [0.29, 0.717) is 82.5 Å². The molecule has 0 bridgehead atoms. The molecule has 0 spiro atoms. The summed E-state index contributed by atoms with van der Waals surface area (Å²) in [4.78, 5) is 72.1. The summed E-state index contributed by atoms with van der Waals surface area (Å²) in [6, 6.07) is 22.3. The molecule has 5 fully saturated rings. The van der Waals surface area contributed by atoms with E-state index >= 15 is 0 Å². The van der Waals surface area contributed by atoms with Gasteiger partial charge in [-0.25, -0.2) is 70.0 Å². The van der Waals surface area contributed by atoms with Crippen LogP contribution in [0.15, 0.2) is 121 Å². The maximum Gasteiger partial charge on any atom is 0.259 e. The van der Waals surface area contributed by atoms with Crippen molar-refractivity contribution in [2.24, 2.45) is 48.6 Å². The molecule has 802 valence electrons. The number of anilines is 1. The van der Waals surface area contributed by atoms with Gasteiger partial charge >= 0.3 is 0 Å². The summed E-state index contributed by atoms with van der Waals surface area (Å²) in [7, 11) is -16.5. The van der Waals surface area contributed by atoms with Crippen LogP contribution in [0.25, 0.3) is 0 Å². The molecule has 148 heavy (non-hydrogen) atoms. The number of aliphatic hydroxyl groups is 5. The number of sulfonamides is 1. The highest BCUT2D eigenvalue weighted by Crippen LogP contribution is 2.52. The lowest BCUT2D eigenvalue weighted by Crippen LogP contribution is -2.19. The molecule has 10 aliphatic carbocycles. The number of Topliss-reactive ketones (excluding diaryl/α,β-unsaturated/α-hetero) is 2. The Morgan fingerprint density at radius 3 is 0.872 bits per heavy atom. The number of nitrogens with one attached hydrogen (secondary N) is 2. The molecule has 13 N–H and O–H groups in total. The van der Waals surface area contributed by atoms with Gasteiger partial charge in [0.15, 0.2) is 25.7 Å². The number of primary sulfonamides is 1. The minimum atomic E-state index is -3.70. The molecule has 2 unspecified atom stereocenters. The largest absolute Gasteiger partial charge is 0.398 e. The second-order valence-corrected chi connectivity index (χ2v) is 61.3. The Kier molecular flexibility index (Phi) is 35.0. The molecule has 5 aromatic heterocycles. The molecule has 10 aliphatic rings. The van der Waals surface area contributed by atoms with Crippen molar-refractivity contribution in [2.45, 2.75) is 369 Å². The molecule has 27 nitrogen and oxygen atoms in total. The highest BCUT2D eigenvalue weighted by atomic mass is 32.3. The van der Waals surface area contributed by atoms with Gasteiger partial charge in [-0.2, -0.15) is 4.36 Å².